The molecule has 0 atom stereocenters. The number of carbonyl (C=O) groups excluding carboxylic acids is 3. The number of nitrogens with one attached hydrogen (secondary N) is 1. The van der Waals surface area contributed by atoms with Crippen LogP contribution in [0.5, 0.6) is 0 Å². The zero-order chi connectivity index (χ0) is 12.3. The lowest BCUT2D eigenvalue weighted by Crippen LogP contribution is -2.32. The highest BCUT2D eigenvalue weighted by Gasteiger charge is 2.32. The number of aryl methyl sites for hydroxylation is 1. The van der Waals surface area contributed by atoms with E-state index in [0.717, 1.165) is 5.56 Å². The summed E-state index contributed by atoms with van der Waals surface area (Å²) in [4.78, 5) is 41.3. The van der Waals surface area contributed by atoms with Crippen molar-refractivity contribution in [1.29, 1.82) is 0 Å². The first-order valence-electron chi connectivity index (χ1n) is 5.35. The van der Waals surface area contributed by atoms with Gasteiger partial charge >= 0.3 is 5.97 Å². The number of amides is 2. The molecule has 1 aliphatic heterocycles. The van der Waals surface area contributed by atoms with E-state index in [-0.39, 0.29) is 19.3 Å². The number of imide groups is 1. The van der Waals surface area contributed by atoms with Gasteiger partial charge < -0.3 is 9.82 Å². The molecule has 6 heteroatoms. The van der Waals surface area contributed by atoms with E-state index in [1.54, 1.807) is 12.4 Å². The third kappa shape index (κ3) is 2.72. The van der Waals surface area contributed by atoms with Crippen molar-refractivity contribution in [3.8, 4) is 0 Å². The van der Waals surface area contributed by atoms with Gasteiger partial charge in [-0.15, -0.1) is 5.06 Å². The fourth-order valence-corrected chi connectivity index (χ4v) is 1.57. The molecule has 1 saturated heterocycles. The number of aromatic nitrogens is 1. The molecule has 2 amide bonds. The van der Waals surface area contributed by atoms with Gasteiger partial charge in [0.25, 0.3) is 11.8 Å². The van der Waals surface area contributed by atoms with E-state index >= 15 is 0 Å². The van der Waals surface area contributed by atoms with E-state index in [2.05, 4.69) is 4.98 Å². The van der Waals surface area contributed by atoms with E-state index in [4.69, 9.17) is 4.84 Å². The number of rotatable bonds is 4. The van der Waals surface area contributed by atoms with E-state index < -0.39 is 17.8 Å². The molecule has 0 aromatic carbocycles. The molecule has 0 spiro atoms. The predicted molar refractivity (Wildman–Crippen MR) is 56.3 cm³/mol. The van der Waals surface area contributed by atoms with Gasteiger partial charge in [-0.3, -0.25) is 9.59 Å². The average molecular weight is 236 g/mol. The molecule has 0 unspecified atom stereocenters. The molecule has 1 N–H and O–H groups in total. The fourth-order valence-electron chi connectivity index (χ4n) is 1.57. The second-order valence-corrected chi connectivity index (χ2v) is 3.76. The number of H-pyrrole nitrogens is 1. The minimum atomic E-state index is -0.574. The van der Waals surface area contributed by atoms with E-state index in [1.807, 2.05) is 6.07 Å². The Morgan fingerprint density at radius 2 is 2.06 bits per heavy atom. The second kappa shape index (κ2) is 4.82. The first kappa shape index (κ1) is 11.4. The Morgan fingerprint density at radius 1 is 1.35 bits per heavy atom. The minimum Gasteiger partial charge on any atom is -0.367 e. The summed E-state index contributed by atoms with van der Waals surface area (Å²) in [5.41, 5.74) is 0.973. The van der Waals surface area contributed by atoms with E-state index in [9.17, 15) is 14.4 Å². The van der Waals surface area contributed by atoms with Gasteiger partial charge in [-0.25, -0.2) is 4.79 Å². The summed E-state index contributed by atoms with van der Waals surface area (Å²) in [7, 11) is 0. The van der Waals surface area contributed by atoms with Gasteiger partial charge in [0.15, 0.2) is 0 Å². The maximum atomic E-state index is 11.4. The van der Waals surface area contributed by atoms with Gasteiger partial charge in [-0.1, -0.05) is 0 Å². The highest BCUT2D eigenvalue weighted by atomic mass is 16.7. The summed E-state index contributed by atoms with van der Waals surface area (Å²) >= 11 is 0. The molecule has 1 aromatic rings. The molecular formula is C11H12N2O4. The lowest BCUT2D eigenvalue weighted by Gasteiger charge is -2.12. The molecule has 0 radical (unpaired) electrons. The normalized spacial score (nSPS) is 15.4. The largest absolute Gasteiger partial charge is 0.367 e. The van der Waals surface area contributed by atoms with Gasteiger partial charge in [-0.2, -0.15) is 0 Å². The molecule has 6 nitrogen and oxygen atoms in total. The highest BCUT2D eigenvalue weighted by Crippen LogP contribution is 2.13. The third-order valence-corrected chi connectivity index (χ3v) is 2.48. The molecule has 2 heterocycles. The number of hydrogen-bond acceptors (Lipinski definition) is 4. The summed E-state index contributed by atoms with van der Waals surface area (Å²) in [6.07, 6.45) is 4.41. The summed E-state index contributed by atoms with van der Waals surface area (Å²) < 4.78 is 0. The van der Waals surface area contributed by atoms with Crippen LogP contribution in [0.4, 0.5) is 0 Å². The van der Waals surface area contributed by atoms with Crippen LogP contribution in [0.2, 0.25) is 0 Å². The predicted octanol–water partition coefficient (Wildman–Crippen LogP) is 0.554. The zero-order valence-corrected chi connectivity index (χ0v) is 9.14. The molecule has 1 fully saturated rings. The molecule has 1 aliphatic rings. The Labute approximate surface area is 97.5 Å². The van der Waals surface area contributed by atoms with Crippen LogP contribution in [-0.2, 0) is 25.6 Å². The van der Waals surface area contributed by atoms with Crippen molar-refractivity contribution in [3.63, 3.8) is 0 Å². The lowest BCUT2D eigenvalue weighted by atomic mass is 10.2. The fraction of sp³-hybridized carbons (Fsp3) is 0.364. The van der Waals surface area contributed by atoms with Crippen molar-refractivity contribution in [3.05, 3.63) is 24.0 Å². The average Bonchev–Trinajstić information content (AvgIpc) is 2.91. The van der Waals surface area contributed by atoms with Crippen molar-refractivity contribution < 1.29 is 19.2 Å². The topological polar surface area (TPSA) is 79.5 Å². The molecule has 1 aromatic heterocycles. The van der Waals surface area contributed by atoms with Crippen molar-refractivity contribution in [1.82, 2.24) is 10.0 Å². The summed E-state index contributed by atoms with van der Waals surface area (Å²) in [5.74, 6) is -1.48. The van der Waals surface area contributed by atoms with E-state index in [0.29, 0.717) is 11.5 Å². The first-order chi connectivity index (χ1) is 8.16. The van der Waals surface area contributed by atoms with Gasteiger partial charge in [0.2, 0.25) is 0 Å². The molecule has 0 aliphatic carbocycles. The Bertz CT molecular complexity index is 422. The van der Waals surface area contributed by atoms with Gasteiger partial charge in [0, 0.05) is 25.2 Å². The number of hydrogen-bond donors (Lipinski definition) is 1. The van der Waals surface area contributed by atoms with Crippen molar-refractivity contribution >= 4 is 17.8 Å². The number of nitrogens with zero attached hydrogens (tertiary/aromatic N) is 1. The molecule has 2 rings (SSSR count). The number of aromatic amines is 1. The number of hydroxylamine groups is 2. The SMILES string of the molecule is O=C(CCc1cc[nH]c1)ON1C(=O)CCC1=O. The van der Waals surface area contributed by atoms with Crippen LogP contribution < -0.4 is 0 Å². The van der Waals surface area contributed by atoms with Crippen molar-refractivity contribution in [2.24, 2.45) is 0 Å². The summed E-state index contributed by atoms with van der Waals surface area (Å²) in [5, 5.41) is 0.569. The highest BCUT2D eigenvalue weighted by molar-refractivity contribution is 6.01. The maximum absolute atomic E-state index is 11.4. The quantitative estimate of drug-likeness (QED) is 0.774. The summed E-state index contributed by atoms with van der Waals surface area (Å²) in [6.45, 7) is 0. The standard InChI is InChI=1S/C11H12N2O4/c14-9-2-3-10(15)13(9)17-11(16)4-1-8-5-6-12-7-8/h5-7,12H,1-4H2. The monoisotopic (exact) mass is 236 g/mol. The van der Waals surface area contributed by atoms with Crippen LogP contribution in [0, 0.1) is 0 Å². The molecule has 17 heavy (non-hydrogen) atoms. The molecule has 0 bridgehead atoms. The van der Waals surface area contributed by atoms with Crippen LogP contribution in [-0.4, -0.2) is 27.8 Å². The Kier molecular flexibility index (Phi) is 3.22. The second-order valence-electron chi connectivity index (χ2n) is 3.76. The molecule has 90 valence electrons. The van der Waals surface area contributed by atoms with Gasteiger partial charge in [0.05, 0.1) is 6.42 Å². The zero-order valence-electron chi connectivity index (χ0n) is 9.14. The third-order valence-electron chi connectivity index (χ3n) is 2.48. The number of carbonyl (C=O) groups is 3. The Balaban J connectivity index is 1.81. The Hall–Kier alpha value is -2.11. The van der Waals surface area contributed by atoms with Crippen LogP contribution >= 0.6 is 0 Å². The van der Waals surface area contributed by atoms with Crippen molar-refractivity contribution in [2.45, 2.75) is 25.7 Å². The van der Waals surface area contributed by atoms with Crippen molar-refractivity contribution in [2.75, 3.05) is 0 Å². The van der Waals surface area contributed by atoms with Gasteiger partial charge in [-0.05, 0) is 18.1 Å². The Morgan fingerprint density at radius 3 is 2.65 bits per heavy atom. The van der Waals surface area contributed by atoms with Crippen LogP contribution in [0.1, 0.15) is 24.8 Å². The molecule has 0 saturated carbocycles. The molecular weight excluding hydrogens is 224 g/mol. The first-order valence-corrected chi connectivity index (χ1v) is 5.35. The minimum absolute atomic E-state index is 0.115. The van der Waals surface area contributed by atoms with Gasteiger partial charge in [0.1, 0.15) is 0 Å². The summed E-state index contributed by atoms with van der Waals surface area (Å²) in [6, 6.07) is 1.85. The van der Waals surface area contributed by atoms with Crippen LogP contribution in [0.3, 0.4) is 0 Å². The van der Waals surface area contributed by atoms with Crippen LogP contribution in [0.15, 0.2) is 18.5 Å². The van der Waals surface area contributed by atoms with E-state index in [1.165, 1.54) is 0 Å². The maximum Gasteiger partial charge on any atom is 0.333 e. The van der Waals surface area contributed by atoms with Crippen LogP contribution in [0.25, 0.3) is 0 Å². The lowest BCUT2D eigenvalue weighted by molar-refractivity contribution is -0.197. The smallest absolute Gasteiger partial charge is 0.333 e.